The number of ether oxygens (including phenoxy) is 3. The molecule has 264 valence electrons. The van der Waals surface area contributed by atoms with Gasteiger partial charge in [0, 0.05) is 61.8 Å². The van der Waals surface area contributed by atoms with Crippen LogP contribution < -0.4 is 15.1 Å². The molecule has 3 aliphatic rings. The van der Waals surface area contributed by atoms with Gasteiger partial charge in [-0.2, -0.15) is 0 Å². The smallest absolute Gasteiger partial charge is 0.348 e. The van der Waals surface area contributed by atoms with Gasteiger partial charge in [-0.1, -0.05) is 0 Å². The van der Waals surface area contributed by atoms with E-state index in [1.54, 1.807) is 67.7 Å². The predicted octanol–water partition coefficient (Wildman–Crippen LogP) is 5.93. The lowest BCUT2D eigenvalue weighted by molar-refractivity contribution is -0.0820. The van der Waals surface area contributed by atoms with Crippen molar-refractivity contribution in [2.75, 3.05) is 61.7 Å². The monoisotopic (exact) mass is 708 g/mol. The van der Waals surface area contributed by atoms with Crippen LogP contribution in [0, 0.1) is 18.3 Å². The van der Waals surface area contributed by atoms with Crippen LogP contribution in [0.25, 0.3) is 0 Å². The lowest BCUT2D eigenvalue weighted by atomic mass is 9.66. The summed E-state index contributed by atoms with van der Waals surface area (Å²) in [6.07, 6.45) is 4.37. The topological polar surface area (TPSA) is 136 Å². The number of esters is 1. The number of methoxy groups -OCH3 is 1. The first-order valence-electron chi connectivity index (χ1n) is 17.1. The molecule has 2 saturated heterocycles. The van der Waals surface area contributed by atoms with Gasteiger partial charge in [0.2, 0.25) is 0 Å². The molecule has 3 aromatic heterocycles. The molecule has 0 bridgehead atoms. The number of hydrogen-bond acceptors (Lipinski definition) is 11. The molecule has 1 aromatic carbocycles. The van der Waals surface area contributed by atoms with Crippen molar-refractivity contribution in [3.8, 4) is 0 Å². The number of aromatic nitrogens is 2. The Kier molecular flexibility index (Phi) is 9.69. The maximum absolute atomic E-state index is 14.1. The first-order valence-corrected chi connectivity index (χ1v) is 17.9. The molecule has 6 heterocycles. The van der Waals surface area contributed by atoms with Gasteiger partial charge in [-0.3, -0.25) is 14.5 Å². The first kappa shape index (κ1) is 34.5. The van der Waals surface area contributed by atoms with Crippen molar-refractivity contribution in [3.05, 3.63) is 93.4 Å². The van der Waals surface area contributed by atoms with E-state index in [4.69, 9.17) is 19.2 Å². The number of pyridine rings is 2. The Labute approximate surface area is 300 Å². The van der Waals surface area contributed by atoms with E-state index in [0.717, 1.165) is 36.6 Å². The highest BCUT2D eigenvalue weighted by molar-refractivity contribution is 7.16. The van der Waals surface area contributed by atoms with E-state index in [-0.39, 0.29) is 23.8 Å². The number of rotatable bonds is 9. The third kappa shape index (κ3) is 6.64. The van der Waals surface area contributed by atoms with Crippen LogP contribution in [0.3, 0.4) is 0 Å². The lowest BCUT2D eigenvalue weighted by Gasteiger charge is -2.56. The Morgan fingerprint density at radius 1 is 1.10 bits per heavy atom. The van der Waals surface area contributed by atoms with Gasteiger partial charge in [0.25, 0.3) is 11.8 Å². The molecule has 0 saturated carbocycles. The standard InChI is InChI=1S/C38H40N6O6S/c1-5-50-37(47)31-13-12-30(51-31)32-24(3)44(29-7-6-15-39-33(29)42-32)36(46)25-8-10-27(11-9-25)41-35(45)28-17-23(2)18-40-34(28)43-21-38(22-43)14-16-49-20-26(38)19-48-4/h6-13,15,17-18,24,26H,5,14,16,19-22H2,1-4H3,(H,41,45)/t24-,26?/m1/s1. The minimum Gasteiger partial charge on any atom is -0.462 e. The highest BCUT2D eigenvalue weighted by Gasteiger charge is 2.51. The molecule has 13 heteroatoms. The number of carbonyl (C=O) groups excluding carboxylic acids is 3. The van der Waals surface area contributed by atoms with Crippen molar-refractivity contribution >= 4 is 57.8 Å². The quantitative estimate of drug-likeness (QED) is 0.210. The molecule has 1 N–H and O–H groups in total. The summed E-state index contributed by atoms with van der Waals surface area (Å²) in [5, 5.41) is 3.01. The molecule has 1 spiro atoms. The van der Waals surface area contributed by atoms with Crippen molar-refractivity contribution in [1.29, 1.82) is 0 Å². The van der Waals surface area contributed by atoms with E-state index in [9.17, 15) is 14.4 Å². The summed E-state index contributed by atoms with van der Waals surface area (Å²) in [4.78, 5) is 59.2. The van der Waals surface area contributed by atoms with E-state index in [2.05, 4.69) is 20.2 Å². The van der Waals surface area contributed by atoms with Crippen LogP contribution >= 0.6 is 11.3 Å². The van der Waals surface area contributed by atoms with Crippen molar-refractivity contribution in [1.82, 2.24) is 9.97 Å². The number of thiophene rings is 1. The largest absolute Gasteiger partial charge is 0.462 e. The first-order chi connectivity index (χ1) is 24.7. The van der Waals surface area contributed by atoms with Gasteiger partial charge in [-0.05, 0) is 87.4 Å². The van der Waals surface area contributed by atoms with Crippen LogP contribution in [0.4, 0.5) is 23.0 Å². The Morgan fingerprint density at radius 2 is 1.90 bits per heavy atom. The van der Waals surface area contributed by atoms with Gasteiger partial charge >= 0.3 is 5.97 Å². The fourth-order valence-electron chi connectivity index (χ4n) is 7.14. The van der Waals surface area contributed by atoms with Gasteiger partial charge in [-0.25, -0.2) is 19.8 Å². The number of nitrogens with one attached hydrogen (secondary N) is 1. The van der Waals surface area contributed by atoms with Gasteiger partial charge in [0.05, 0.1) is 47.7 Å². The summed E-state index contributed by atoms with van der Waals surface area (Å²) >= 11 is 1.27. The Hall–Kier alpha value is -4.98. The van der Waals surface area contributed by atoms with E-state index < -0.39 is 12.0 Å². The number of nitrogens with zero attached hydrogens (tertiary/aromatic N) is 5. The third-order valence-electron chi connectivity index (χ3n) is 9.83. The van der Waals surface area contributed by atoms with E-state index in [1.165, 1.54) is 11.3 Å². The molecule has 3 aliphatic heterocycles. The highest BCUT2D eigenvalue weighted by Crippen LogP contribution is 2.46. The molecule has 0 radical (unpaired) electrons. The SMILES string of the molecule is CCOC(=O)c1ccc(C2=Nc3ncccc3N(C(=O)c3ccc(NC(=O)c4cc(C)cnc4N4CC5(CCOCC5COC)C4)cc3)[C@@H]2C)s1. The second-order valence-electron chi connectivity index (χ2n) is 13.2. The van der Waals surface area contributed by atoms with E-state index in [1.807, 2.05) is 32.0 Å². The number of hydrogen-bond donors (Lipinski definition) is 1. The molecule has 51 heavy (non-hydrogen) atoms. The zero-order chi connectivity index (χ0) is 35.7. The zero-order valence-electron chi connectivity index (χ0n) is 29.0. The molecule has 2 fully saturated rings. The molecule has 0 aliphatic carbocycles. The number of amides is 2. The number of fused-ring (bicyclic) bond motifs is 1. The third-order valence-corrected chi connectivity index (χ3v) is 10.9. The van der Waals surface area contributed by atoms with Crippen molar-refractivity contribution in [2.45, 2.75) is 33.2 Å². The van der Waals surface area contributed by atoms with Crippen LogP contribution in [-0.2, 0) is 14.2 Å². The lowest BCUT2D eigenvalue weighted by Crippen LogP contribution is -2.64. The zero-order valence-corrected chi connectivity index (χ0v) is 29.9. The van der Waals surface area contributed by atoms with Crippen LogP contribution in [-0.4, -0.2) is 86.1 Å². The summed E-state index contributed by atoms with van der Waals surface area (Å²) in [6, 6.07) is 15.4. The minimum atomic E-state index is -0.457. The van der Waals surface area contributed by atoms with Gasteiger partial charge in [0.15, 0.2) is 5.82 Å². The van der Waals surface area contributed by atoms with Crippen molar-refractivity contribution in [2.24, 2.45) is 16.3 Å². The van der Waals surface area contributed by atoms with Crippen LogP contribution in [0.2, 0.25) is 0 Å². The number of benzene rings is 1. The number of anilines is 3. The average molecular weight is 709 g/mol. The highest BCUT2D eigenvalue weighted by atomic mass is 32.1. The van der Waals surface area contributed by atoms with Gasteiger partial charge in [-0.15, -0.1) is 11.3 Å². The Morgan fingerprint density at radius 3 is 2.67 bits per heavy atom. The van der Waals surface area contributed by atoms with Crippen LogP contribution in [0.5, 0.6) is 0 Å². The molecule has 7 rings (SSSR count). The summed E-state index contributed by atoms with van der Waals surface area (Å²) in [5.41, 5.74) is 3.66. The van der Waals surface area contributed by atoms with E-state index >= 15 is 0 Å². The average Bonchev–Trinajstić information content (AvgIpc) is 3.62. The minimum absolute atomic E-state index is 0.0847. The molecule has 12 nitrogen and oxygen atoms in total. The summed E-state index contributed by atoms with van der Waals surface area (Å²) in [6.45, 7) is 9.48. The van der Waals surface area contributed by atoms with Crippen LogP contribution in [0.15, 0.2) is 72.0 Å². The molecular weight excluding hydrogens is 669 g/mol. The maximum atomic E-state index is 14.1. The van der Waals surface area contributed by atoms with Gasteiger partial charge in [0.1, 0.15) is 10.7 Å². The molecule has 2 amide bonds. The van der Waals surface area contributed by atoms with Crippen LogP contribution in [0.1, 0.15) is 61.1 Å². The Balaban J connectivity index is 1.08. The maximum Gasteiger partial charge on any atom is 0.348 e. The fraction of sp³-hybridized carbons (Fsp3) is 0.368. The number of aryl methyl sites for hydroxylation is 1. The van der Waals surface area contributed by atoms with Crippen molar-refractivity contribution < 1.29 is 28.6 Å². The summed E-state index contributed by atoms with van der Waals surface area (Å²) < 4.78 is 16.4. The molecular formula is C38H40N6O6S. The molecule has 2 atom stereocenters. The Bertz CT molecular complexity index is 1990. The second kappa shape index (κ2) is 14.3. The second-order valence-corrected chi connectivity index (χ2v) is 14.3. The number of carbonyl (C=O) groups is 3. The predicted molar refractivity (Wildman–Crippen MR) is 196 cm³/mol. The number of aliphatic imine (C=N–C) groups is 1. The molecule has 1 unspecified atom stereocenters. The fourth-order valence-corrected chi connectivity index (χ4v) is 8.11. The van der Waals surface area contributed by atoms with E-state index in [0.29, 0.717) is 63.9 Å². The van der Waals surface area contributed by atoms with Gasteiger partial charge < -0.3 is 24.4 Å². The summed E-state index contributed by atoms with van der Waals surface area (Å²) in [5.74, 6) is 0.447. The normalized spacial score (nSPS) is 19.2. The molecule has 4 aromatic rings. The summed E-state index contributed by atoms with van der Waals surface area (Å²) in [7, 11) is 1.72. The van der Waals surface area contributed by atoms with Crippen molar-refractivity contribution in [3.63, 3.8) is 0 Å².